The first kappa shape index (κ1) is 16.9. The number of hydrogen-bond acceptors (Lipinski definition) is 7. The number of carbonyl (C=O) groups excluding carboxylic acids is 1. The molecule has 0 aromatic carbocycles. The quantitative estimate of drug-likeness (QED) is 0.692. The molecule has 1 aromatic heterocycles. The van der Waals surface area contributed by atoms with E-state index in [1.807, 2.05) is 6.92 Å². The second kappa shape index (κ2) is 8.17. The van der Waals surface area contributed by atoms with Gasteiger partial charge in [-0.3, -0.25) is 4.79 Å². The number of methoxy groups -OCH3 is 1. The van der Waals surface area contributed by atoms with Crippen molar-refractivity contribution in [3.8, 4) is 6.07 Å². The molecule has 1 rings (SSSR count). The highest BCUT2D eigenvalue weighted by molar-refractivity contribution is 5.76. The molecule has 1 heterocycles. The van der Waals surface area contributed by atoms with Crippen LogP contribution >= 0.6 is 0 Å². The molecule has 0 bridgehead atoms. The molecule has 0 saturated carbocycles. The van der Waals surface area contributed by atoms with Gasteiger partial charge >= 0.3 is 5.97 Å². The number of anilines is 1. The van der Waals surface area contributed by atoms with Gasteiger partial charge in [0.2, 0.25) is 0 Å². The van der Waals surface area contributed by atoms with Crippen LogP contribution in [0.4, 0.5) is 5.82 Å². The number of aryl methyl sites for hydroxylation is 1. The molecule has 0 fully saturated rings. The Kier molecular flexibility index (Phi) is 6.56. The zero-order chi connectivity index (χ0) is 15.8. The maximum Gasteiger partial charge on any atom is 0.325 e. The van der Waals surface area contributed by atoms with E-state index < -0.39 is 0 Å². The van der Waals surface area contributed by atoms with Crippen LogP contribution in [0.15, 0.2) is 0 Å². The molecule has 7 nitrogen and oxygen atoms in total. The van der Waals surface area contributed by atoms with Crippen molar-refractivity contribution in [3.63, 3.8) is 0 Å². The summed E-state index contributed by atoms with van der Waals surface area (Å²) in [4.78, 5) is 13.4. The summed E-state index contributed by atoms with van der Waals surface area (Å²) in [5, 5.41) is 17.4. The standard InChI is InChI=1S/C14H20N4O3/c1-5-21-13(19)9-18(6-7-20-4)14-12(8-15)10(2)11(3)16-17-14/h5-7,9H2,1-4H3. The summed E-state index contributed by atoms with van der Waals surface area (Å²) in [7, 11) is 1.57. The number of esters is 1. The molecule has 0 radical (unpaired) electrons. The number of aromatic nitrogens is 2. The van der Waals surface area contributed by atoms with E-state index >= 15 is 0 Å². The molecule has 7 heteroatoms. The van der Waals surface area contributed by atoms with E-state index in [9.17, 15) is 10.1 Å². The third-order valence-electron chi connectivity index (χ3n) is 3.04. The maximum atomic E-state index is 11.7. The molecule has 0 atom stereocenters. The van der Waals surface area contributed by atoms with Gasteiger partial charge < -0.3 is 14.4 Å². The Morgan fingerprint density at radius 3 is 2.67 bits per heavy atom. The minimum atomic E-state index is -0.377. The smallest absolute Gasteiger partial charge is 0.325 e. The Labute approximate surface area is 124 Å². The van der Waals surface area contributed by atoms with Crippen LogP contribution in [0.1, 0.15) is 23.7 Å². The van der Waals surface area contributed by atoms with E-state index in [4.69, 9.17) is 9.47 Å². The third-order valence-corrected chi connectivity index (χ3v) is 3.04. The number of ether oxygens (including phenoxy) is 2. The number of nitriles is 1. The normalized spacial score (nSPS) is 10.0. The van der Waals surface area contributed by atoms with Gasteiger partial charge in [0.25, 0.3) is 0 Å². The van der Waals surface area contributed by atoms with Crippen molar-refractivity contribution in [2.24, 2.45) is 0 Å². The number of hydrogen-bond donors (Lipinski definition) is 0. The van der Waals surface area contributed by atoms with Crippen LogP contribution in [0.5, 0.6) is 0 Å². The van der Waals surface area contributed by atoms with Crippen LogP contribution in [-0.4, -0.2) is 49.6 Å². The van der Waals surface area contributed by atoms with Gasteiger partial charge in [-0.1, -0.05) is 0 Å². The minimum absolute atomic E-state index is 0.00304. The predicted octanol–water partition coefficient (Wildman–Crippen LogP) is 0.981. The second-order valence-electron chi connectivity index (χ2n) is 4.44. The lowest BCUT2D eigenvalue weighted by atomic mass is 10.1. The highest BCUT2D eigenvalue weighted by atomic mass is 16.5. The Hall–Kier alpha value is -2.20. The summed E-state index contributed by atoms with van der Waals surface area (Å²) in [6, 6.07) is 2.13. The number of rotatable bonds is 7. The number of carbonyl (C=O) groups is 1. The monoisotopic (exact) mass is 292 g/mol. The molecule has 0 unspecified atom stereocenters. The largest absolute Gasteiger partial charge is 0.465 e. The molecule has 0 spiro atoms. The minimum Gasteiger partial charge on any atom is -0.465 e. The van der Waals surface area contributed by atoms with Gasteiger partial charge in [-0.15, -0.1) is 5.10 Å². The van der Waals surface area contributed by atoms with Crippen LogP contribution in [0.25, 0.3) is 0 Å². The van der Waals surface area contributed by atoms with Crippen LogP contribution in [0, 0.1) is 25.2 Å². The van der Waals surface area contributed by atoms with Gasteiger partial charge in [0.15, 0.2) is 5.82 Å². The van der Waals surface area contributed by atoms with Gasteiger partial charge in [-0.05, 0) is 26.3 Å². The van der Waals surface area contributed by atoms with Gasteiger partial charge in [0.05, 0.1) is 18.9 Å². The first-order valence-corrected chi connectivity index (χ1v) is 6.68. The SMILES string of the molecule is CCOC(=O)CN(CCOC)c1nnc(C)c(C)c1C#N. The average molecular weight is 292 g/mol. The molecule has 114 valence electrons. The van der Waals surface area contributed by atoms with Gasteiger partial charge in [0, 0.05) is 13.7 Å². The highest BCUT2D eigenvalue weighted by Crippen LogP contribution is 2.21. The van der Waals surface area contributed by atoms with E-state index in [1.54, 1.807) is 25.9 Å². The fourth-order valence-corrected chi connectivity index (χ4v) is 1.77. The van der Waals surface area contributed by atoms with Crippen LogP contribution < -0.4 is 4.90 Å². The van der Waals surface area contributed by atoms with Crippen molar-refractivity contribution >= 4 is 11.8 Å². The Balaban J connectivity index is 3.11. The summed E-state index contributed by atoms with van der Waals surface area (Å²) < 4.78 is 9.99. The van der Waals surface area contributed by atoms with Crippen LogP contribution in [-0.2, 0) is 14.3 Å². The molecular weight excluding hydrogens is 272 g/mol. The fourth-order valence-electron chi connectivity index (χ4n) is 1.77. The fraction of sp³-hybridized carbons (Fsp3) is 0.571. The number of nitrogens with zero attached hydrogens (tertiary/aromatic N) is 4. The van der Waals surface area contributed by atoms with Crippen molar-refractivity contribution < 1.29 is 14.3 Å². The predicted molar refractivity (Wildman–Crippen MR) is 76.9 cm³/mol. The Bertz CT molecular complexity index is 540. The first-order valence-electron chi connectivity index (χ1n) is 6.68. The van der Waals surface area contributed by atoms with Gasteiger partial charge in [-0.2, -0.15) is 10.4 Å². The highest BCUT2D eigenvalue weighted by Gasteiger charge is 2.20. The maximum absolute atomic E-state index is 11.7. The summed E-state index contributed by atoms with van der Waals surface area (Å²) in [5.74, 6) is 0.00299. The van der Waals surface area contributed by atoms with E-state index in [0.717, 1.165) is 5.56 Å². The van der Waals surface area contributed by atoms with Crippen LogP contribution in [0.2, 0.25) is 0 Å². The van der Waals surface area contributed by atoms with Gasteiger partial charge in [-0.25, -0.2) is 0 Å². The van der Waals surface area contributed by atoms with E-state index in [1.165, 1.54) is 0 Å². The topological polar surface area (TPSA) is 88.3 Å². The lowest BCUT2D eigenvalue weighted by Crippen LogP contribution is -2.35. The molecule has 0 saturated heterocycles. The van der Waals surface area contributed by atoms with Crippen molar-refractivity contribution in [1.29, 1.82) is 5.26 Å². The lowest BCUT2D eigenvalue weighted by molar-refractivity contribution is -0.141. The van der Waals surface area contributed by atoms with Crippen molar-refractivity contribution in [1.82, 2.24) is 10.2 Å². The Morgan fingerprint density at radius 1 is 1.38 bits per heavy atom. The molecule has 0 aliphatic rings. The zero-order valence-corrected chi connectivity index (χ0v) is 12.8. The molecule has 0 amide bonds. The zero-order valence-electron chi connectivity index (χ0n) is 12.8. The molecular formula is C14H20N4O3. The summed E-state index contributed by atoms with van der Waals surface area (Å²) >= 11 is 0. The second-order valence-corrected chi connectivity index (χ2v) is 4.44. The summed E-state index contributed by atoms with van der Waals surface area (Å²) in [6.07, 6.45) is 0. The first-order chi connectivity index (χ1) is 10.0. The molecule has 0 aliphatic heterocycles. The molecule has 0 aliphatic carbocycles. The molecule has 21 heavy (non-hydrogen) atoms. The van der Waals surface area contributed by atoms with E-state index in [2.05, 4.69) is 16.3 Å². The average Bonchev–Trinajstić information content (AvgIpc) is 2.46. The Morgan fingerprint density at radius 2 is 2.10 bits per heavy atom. The van der Waals surface area contributed by atoms with Crippen LogP contribution in [0.3, 0.4) is 0 Å². The van der Waals surface area contributed by atoms with E-state index in [0.29, 0.717) is 36.8 Å². The molecule has 1 aromatic rings. The third kappa shape index (κ3) is 4.39. The lowest BCUT2D eigenvalue weighted by Gasteiger charge is -2.23. The summed E-state index contributed by atoms with van der Waals surface area (Å²) in [6.45, 7) is 6.47. The van der Waals surface area contributed by atoms with Crippen molar-refractivity contribution in [3.05, 3.63) is 16.8 Å². The molecule has 0 N–H and O–H groups in total. The van der Waals surface area contributed by atoms with E-state index in [-0.39, 0.29) is 12.5 Å². The van der Waals surface area contributed by atoms with Gasteiger partial charge in [0.1, 0.15) is 18.2 Å². The van der Waals surface area contributed by atoms with Crippen molar-refractivity contribution in [2.45, 2.75) is 20.8 Å². The van der Waals surface area contributed by atoms with Crippen molar-refractivity contribution in [2.75, 3.05) is 38.3 Å². The summed E-state index contributed by atoms with van der Waals surface area (Å²) in [5.41, 5.74) is 1.87.